The molecule has 1 aromatic rings. The maximum atomic E-state index is 11.0. The van der Waals surface area contributed by atoms with Gasteiger partial charge in [0.05, 0.1) is 11.5 Å². The molecule has 2 rings (SSSR count). The average molecular weight is 278 g/mol. The number of benzene rings is 1. The van der Waals surface area contributed by atoms with Crippen LogP contribution in [0, 0.1) is 23.0 Å². The van der Waals surface area contributed by atoms with Crippen LogP contribution in [0.5, 0.6) is 0 Å². The molecule has 0 saturated carbocycles. The molecule has 5 heteroatoms. The van der Waals surface area contributed by atoms with Gasteiger partial charge in [0.15, 0.2) is 0 Å². The summed E-state index contributed by atoms with van der Waals surface area (Å²) in [4.78, 5) is 13.1. The second kappa shape index (κ2) is 6.81. The predicted octanol–water partition coefficient (Wildman–Crippen LogP) is 2.76. The van der Waals surface area contributed by atoms with Crippen LogP contribution in [0.1, 0.15) is 24.0 Å². The fourth-order valence-electron chi connectivity index (χ4n) is 2.95. The Morgan fingerprint density at radius 1 is 1.50 bits per heavy atom. The summed E-state index contributed by atoms with van der Waals surface area (Å²) in [6.45, 7) is 5.49. The smallest absolute Gasteiger partial charge is 0.272 e. The lowest BCUT2D eigenvalue weighted by atomic mass is 9.97. The molecular weight excluding hydrogens is 256 g/mol. The van der Waals surface area contributed by atoms with Crippen molar-refractivity contribution in [3.8, 4) is 0 Å². The van der Waals surface area contributed by atoms with Crippen molar-refractivity contribution < 1.29 is 9.66 Å². The number of ether oxygens (including phenoxy) is 1. The van der Waals surface area contributed by atoms with Gasteiger partial charge in [-0.25, -0.2) is 0 Å². The number of hydrogen-bond donors (Lipinski definition) is 0. The van der Waals surface area contributed by atoms with Crippen molar-refractivity contribution in [3.63, 3.8) is 0 Å². The summed E-state index contributed by atoms with van der Waals surface area (Å²) in [6, 6.07) is 5.34. The number of likely N-dealkylation sites (tertiary alicyclic amines) is 1. The molecule has 110 valence electrons. The minimum atomic E-state index is -0.303. The molecule has 20 heavy (non-hydrogen) atoms. The second-order valence-corrected chi connectivity index (χ2v) is 5.52. The third-order valence-corrected chi connectivity index (χ3v) is 4.01. The number of nitro benzene ring substituents is 1. The summed E-state index contributed by atoms with van der Waals surface area (Å²) < 4.78 is 5.24. The monoisotopic (exact) mass is 278 g/mol. The van der Waals surface area contributed by atoms with E-state index in [1.54, 1.807) is 19.2 Å². The molecule has 0 aliphatic carbocycles. The van der Waals surface area contributed by atoms with Crippen LogP contribution in [0.3, 0.4) is 0 Å². The molecule has 1 saturated heterocycles. The molecule has 0 aromatic heterocycles. The fourth-order valence-corrected chi connectivity index (χ4v) is 2.95. The van der Waals surface area contributed by atoms with Gasteiger partial charge in [0, 0.05) is 31.8 Å². The van der Waals surface area contributed by atoms with E-state index in [-0.39, 0.29) is 10.6 Å². The van der Waals surface area contributed by atoms with Crippen LogP contribution in [0.15, 0.2) is 18.2 Å². The van der Waals surface area contributed by atoms with Crippen LogP contribution in [0.4, 0.5) is 5.69 Å². The molecule has 5 nitrogen and oxygen atoms in total. The molecule has 0 radical (unpaired) electrons. The summed E-state index contributed by atoms with van der Waals surface area (Å²) in [5, 5.41) is 11.0. The number of hydrogen-bond acceptors (Lipinski definition) is 4. The van der Waals surface area contributed by atoms with Crippen molar-refractivity contribution in [2.24, 2.45) is 5.92 Å². The Kier molecular flexibility index (Phi) is 5.09. The van der Waals surface area contributed by atoms with Gasteiger partial charge in [-0.3, -0.25) is 15.0 Å². The highest BCUT2D eigenvalue weighted by atomic mass is 16.6. The zero-order chi connectivity index (χ0) is 14.5. The van der Waals surface area contributed by atoms with Crippen LogP contribution in [-0.2, 0) is 11.3 Å². The van der Waals surface area contributed by atoms with Gasteiger partial charge in [0.1, 0.15) is 0 Å². The highest BCUT2D eigenvalue weighted by Gasteiger charge is 2.21. The molecule has 0 bridgehead atoms. The van der Waals surface area contributed by atoms with E-state index in [1.165, 1.54) is 12.8 Å². The van der Waals surface area contributed by atoms with Gasteiger partial charge in [-0.05, 0) is 37.8 Å². The molecule has 0 N–H and O–H groups in total. The van der Waals surface area contributed by atoms with E-state index in [2.05, 4.69) is 4.90 Å². The van der Waals surface area contributed by atoms with Crippen LogP contribution < -0.4 is 0 Å². The molecule has 1 fully saturated rings. The van der Waals surface area contributed by atoms with Crippen LogP contribution in [0.25, 0.3) is 0 Å². The van der Waals surface area contributed by atoms with Crippen LogP contribution >= 0.6 is 0 Å². The Labute approximate surface area is 119 Å². The van der Waals surface area contributed by atoms with Crippen molar-refractivity contribution >= 4 is 5.69 Å². The topological polar surface area (TPSA) is 55.6 Å². The van der Waals surface area contributed by atoms with E-state index < -0.39 is 0 Å². The van der Waals surface area contributed by atoms with Crippen molar-refractivity contribution in [1.29, 1.82) is 0 Å². The van der Waals surface area contributed by atoms with E-state index in [0.717, 1.165) is 37.4 Å². The number of methoxy groups -OCH3 is 1. The number of nitro groups is 1. The predicted molar refractivity (Wildman–Crippen MR) is 77.7 cm³/mol. The fraction of sp³-hybridized carbons (Fsp3) is 0.600. The minimum absolute atomic E-state index is 0.216. The van der Waals surface area contributed by atoms with Gasteiger partial charge in [-0.2, -0.15) is 0 Å². The van der Waals surface area contributed by atoms with Crippen molar-refractivity contribution in [2.45, 2.75) is 26.3 Å². The van der Waals surface area contributed by atoms with E-state index in [4.69, 9.17) is 4.74 Å². The zero-order valence-electron chi connectivity index (χ0n) is 12.2. The number of nitrogens with zero attached hydrogens (tertiary/aromatic N) is 2. The standard InChI is InChI=1S/C15H22N2O3/c1-12-14(6-3-7-15(12)17(18)19)10-16-8-4-5-13(9-16)11-20-2/h3,6-7,13H,4-5,8-11H2,1-2H3/t13-/m0/s1. The van der Waals surface area contributed by atoms with Gasteiger partial charge < -0.3 is 4.74 Å². The lowest BCUT2D eigenvalue weighted by molar-refractivity contribution is -0.385. The van der Waals surface area contributed by atoms with Crippen molar-refractivity contribution in [2.75, 3.05) is 26.8 Å². The Balaban J connectivity index is 2.06. The van der Waals surface area contributed by atoms with Gasteiger partial charge in [-0.1, -0.05) is 12.1 Å². The highest BCUT2D eigenvalue weighted by Crippen LogP contribution is 2.24. The molecule has 1 atom stereocenters. The average Bonchev–Trinajstić information content (AvgIpc) is 2.42. The SMILES string of the molecule is COC[C@H]1CCCN(Cc2cccc([N+](=O)[O-])c2C)C1. The minimum Gasteiger partial charge on any atom is -0.384 e. The summed E-state index contributed by atoms with van der Waals surface area (Å²) in [6.07, 6.45) is 2.38. The van der Waals surface area contributed by atoms with Gasteiger partial charge in [-0.15, -0.1) is 0 Å². The molecule has 1 aromatic carbocycles. The first-order valence-corrected chi connectivity index (χ1v) is 7.06. The van der Waals surface area contributed by atoms with Gasteiger partial charge >= 0.3 is 0 Å². The molecule has 1 aliphatic heterocycles. The Morgan fingerprint density at radius 3 is 3.00 bits per heavy atom. The van der Waals surface area contributed by atoms with Crippen molar-refractivity contribution in [3.05, 3.63) is 39.4 Å². The molecule has 1 aliphatic rings. The first kappa shape index (κ1) is 14.9. The third kappa shape index (κ3) is 3.55. The van der Waals surface area contributed by atoms with E-state index >= 15 is 0 Å². The molecule has 0 unspecified atom stereocenters. The first-order chi connectivity index (χ1) is 9.61. The van der Waals surface area contributed by atoms with E-state index in [0.29, 0.717) is 5.92 Å². The summed E-state index contributed by atoms with van der Waals surface area (Å²) in [7, 11) is 1.74. The van der Waals surface area contributed by atoms with Crippen LogP contribution in [0.2, 0.25) is 0 Å². The number of rotatable bonds is 5. The molecule has 0 amide bonds. The largest absolute Gasteiger partial charge is 0.384 e. The second-order valence-electron chi connectivity index (χ2n) is 5.52. The first-order valence-electron chi connectivity index (χ1n) is 7.06. The normalized spacial score (nSPS) is 20.0. The maximum absolute atomic E-state index is 11.0. The molecular formula is C15H22N2O3. The lowest BCUT2D eigenvalue weighted by Gasteiger charge is -2.32. The Hall–Kier alpha value is -1.46. The summed E-state index contributed by atoms with van der Waals surface area (Å²) in [5.41, 5.74) is 2.05. The summed E-state index contributed by atoms with van der Waals surface area (Å²) >= 11 is 0. The Bertz CT molecular complexity index is 474. The third-order valence-electron chi connectivity index (χ3n) is 4.01. The number of piperidine rings is 1. The molecule has 1 heterocycles. The zero-order valence-corrected chi connectivity index (χ0v) is 12.2. The van der Waals surface area contributed by atoms with Gasteiger partial charge in [0.2, 0.25) is 0 Å². The van der Waals surface area contributed by atoms with Crippen LogP contribution in [-0.4, -0.2) is 36.6 Å². The highest BCUT2D eigenvalue weighted by molar-refractivity contribution is 5.44. The summed E-state index contributed by atoms with van der Waals surface area (Å²) in [5.74, 6) is 0.577. The van der Waals surface area contributed by atoms with E-state index in [1.807, 2.05) is 13.0 Å². The quantitative estimate of drug-likeness (QED) is 0.614. The van der Waals surface area contributed by atoms with Gasteiger partial charge in [0.25, 0.3) is 5.69 Å². The van der Waals surface area contributed by atoms with Crippen molar-refractivity contribution in [1.82, 2.24) is 4.90 Å². The molecule has 0 spiro atoms. The Morgan fingerprint density at radius 2 is 2.30 bits per heavy atom. The van der Waals surface area contributed by atoms with E-state index in [9.17, 15) is 10.1 Å². The maximum Gasteiger partial charge on any atom is 0.272 e. The lowest BCUT2D eigenvalue weighted by Crippen LogP contribution is -2.36.